The average Bonchev–Trinajstić information content (AvgIpc) is 3.39. The van der Waals surface area contributed by atoms with Crippen LogP contribution < -0.4 is 5.32 Å². The van der Waals surface area contributed by atoms with E-state index in [-0.39, 0.29) is 12.5 Å². The van der Waals surface area contributed by atoms with Gasteiger partial charge in [0.25, 0.3) is 0 Å². The number of piperazine rings is 1. The van der Waals surface area contributed by atoms with Gasteiger partial charge in [-0.15, -0.1) is 0 Å². The van der Waals surface area contributed by atoms with Crippen LogP contribution in [0.15, 0.2) is 36.9 Å². The molecular formula is C25H34ClN7O3. The molecule has 2 amide bonds. The first-order chi connectivity index (χ1) is 16.8. The second kappa shape index (κ2) is 9.74. The Morgan fingerprint density at radius 2 is 1.94 bits per heavy atom. The number of nitrogens with zero attached hydrogens (tertiary/aromatic N) is 6. The normalized spacial score (nSPS) is 17.4. The molecule has 0 aliphatic carbocycles. The van der Waals surface area contributed by atoms with E-state index in [1.54, 1.807) is 28.0 Å². The van der Waals surface area contributed by atoms with Crippen molar-refractivity contribution in [2.75, 3.05) is 19.6 Å². The maximum Gasteiger partial charge on any atom is 0.410 e. The number of amides is 2. The van der Waals surface area contributed by atoms with E-state index in [0.717, 1.165) is 11.1 Å². The molecule has 0 radical (unpaired) electrons. The van der Waals surface area contributed by atoms with Crippen LogP contribution in [0.4, 0.5) is 4.79 Å². The van der Waals surface area contributed by atoms with Crippen molar-refractivity contribution >= 4 is 29.1 Å². The molecular weight excluding hydrogens is 482 g/mol. The van der Waals surface area contributed by atoms with Crippen LogP contribution in [0.2, 0.25) is 5.02 Å². The highest BCUT2D eigenvalue weighted by Gasteiger charge is 2.39. The predicted molar refractivity (Wildman–Crippen MR) is 137 cm³/mol. The van der Waals surface area contributed by atoms with Gasteiger partial charge in [0.1, 0.15) is 17.5 Å². The van der Waals surface area contributed by atoms with Gasteiger partial charge in [-0.25, -0.2) is 9.78 Å². The van der Waals surface area contributed by atoms with Gasteiger partial charge in [0.2, 0.25) is 5.91 Å². The van der Waals surface area contributed by atoms with E-state index in [1.165, 1.54) is 0 Å². The Kier molecular flexibility index (Phi) is 7.03. The monoisotopic (exact) mass is 515 g/mol. The molecule has 3 aromatic rings. The lowest BCUT2D eigenvalue weighted by atomic mass is 10.0. The van der Waals surface area contributed by atoms with Gasteiger partial charge in [-0.05, 0) is 46.8 Å². The number of fused-ring (bicyclic) bond motifs is 1. The van der Waals surface area contributed by atoms with E-state index in [0.29, 0.717) is 30.5 Å². The van der Waals surface area contributed by atoms with E-state index >= 15 is 0 Å². The second-order valence-corrected chi connectivity index (χ2v) is 11.1. The number of halogens is 1. The average molecular weight is 516 g/mol. The zero-order valence-electron chi connectivity index (χ0n) is 21.7. The minimum Gasteiger partial charge on any atom is -0.444 e. The van der Waals surface area contributed by atoms with Gasteiger partial charge < -0.3 is 19.4 Å². The zero-order valence-corrected chi connectivity index (χ0v) is 22.4. The van der Waals surface area contributed by atoms with Crippen LogP contribution >= 0.6 is 11.6 Å². The Morgan fingerprint density at radius 1 is 1.19 bits per heavy atom. The number of nitrogens with one attached hydrogen (secondary N) is 1. The molecule has 0 aromatic carbocycles. The number of ether oxygens (including phenoxy) is 1. The van der Waals surface area contributed by atoms with Crippen molar-refractivity contribution in [3.05, 3.63) is 53.3 Å². The number of aromatic nitrogens is 4. The maximum atomic E-state index is 13.8. The van der Waals surface area contributed by atoms with Crippen molar-refractivity contribution in [1.29, 1.82) is 0 Å². The smallest absolute Gasteiger partial charge is 0.410 e. The third-order valence-corrected chi connectivity index (χ3v) is 6.42. The molecule has 0 unspecified atom stereocenters. The molecule has 10 nitrogen and oxygen atoms in total. The number of hydrogen-bond donors (Lipinski definition) is 1. The second-order valence-electron chi connectivity index (χ2n) is 10.7. The Bertz CT molecular complexity index is 1260. The van der Waals surface area contributed by atoms with E-state index in [2.05, 4.69) is 20.3 Å². The van der Waals surface area contributed by atoms with Crippen LogP contribution in [0.5, 0.6) is 0 Å². The molecule has 1 aliphatic rings. The summed E-state index contributed by atoms with van der Waals surface area (Å²) in [6.45, 7) is 11.0. The molecule has 0 saturated carbocycles. The van der Waals surface area contributed by atoms with Crippen LogP contribution in [-0.4, -0.2) is 72.2 Å². The molecule has 36 heavy (non-hydrogen) atoms. The highest BCUT2D eigenvalue weighted by Crippen LogP contribution is 2.25. The minimum atomic E-state index is -0.803. The van der Waals surface area contributed by atoms with Gasteiger partial charge in [0, 0.05) is 51.2 Å². The summed E-state index contributed by atoms with van der Waals surface area (Å²) in [7, 11) is 1.86. The Hall–Kier alpha value is -3.11. The van der Waals surface area contributed by atoms with Crippen molar-refractivity contribution in [3.63, 3.8) is 0 Å². The maximum absolute atomic E-state index is 13.8. The molecule has 1 aliphatic heterocycles. The number of carbonyl (C=O) groups is 2. The molecule has 4 heterocycles. The van der Waals surface area contributed by atoms with E-state index in [1.807, 2.05) is 64.5 Å². The summed E-state index contributed by atoms with van der Waals surface area (Å²) in [6.07, 6.45) is 6.87. The van der Waals surface area contributed by atoms with Crippen molar-refractivity contribution in [3.8, 4) is 0 Å². The van der Waals surface area contributed by atoms with E-state index in [4.69, 9.17) is 16.3 Å². The van der Waals surface area contributed by atoms with Crippen LogP contribution in [0.1, 0.15) is 46.0 Å². The summed E-state index contributed by atoms with van der Waals surface area (Å²) in [5.74, 6) is 0.461. The lowest BCUT2D eigenvalue weighted by Crippen LogP contribution is -2.61. The first-order valence-electron chi connectivity index (χ1n) is 12.0. The predicted octanol–water partition coefficient (Wildman–Crippen LogP) is 3.19. The minimum absolute atomic E-state index is 0.198. The summed E-state index contributed by atoms with van der Waals surface area (Å²) in [5.41, 5.74) is 0.340. The number of aryl methyl sites for hydroxylation is 1. The van der Waals surface area contributed by atoms with Gasteiger partial charge in [-0.2, -0.15) is 5.10 Å². The van der Waals surface area contributed by atoms with Gasteiger partial charge in [0.05, 0.1) is 28.5 Å². The number of hydrogen-bond acceptors (Lipinski definition) is 6. The van der Waals surface area contributed by atoms with Gasteiger partial charge >= 0.3 is 6.09 Å². The molecule has 0 spiro atoms. The fourth-order valence-electron chi connectivity index (χ4n) is 4.44. The lowest BCUT2D eigenvalue weighted by molar-refractivity contribution is -0.130. The number of pyridine rings is 1. The van der Waals surface area contributed by atoms with Gasteiger partial charge in [-0.3, -0.25) is 14.4 Å². The molecule has 194 valence electrons. The van der Waals surface area contributed by atoms with Crippen LogP contribution in [0.25, 0.3) is 5.52 Å². The Balaban J connectivity index is 1.57. The fraction of sp³-hybridized carbons (Fsp3) is 0.520. The van der Waals surface area contributed by atoms with Crippen LogP contribution in [-0.2, 0) is 28.7 Å². The summed E-state index contributed by atoms with van der Waals surface area (Å²) in [6, 6.07) is 3.06. The van der Waals surface area contributed by atoms with E-state index < -0.39 is 23.3 Å². The number of carbonyl (C=O) groups excluding carboxylic acids is 2. The quantitative estimate of drug-likeness (QED) is 0.560. The Morgan fingerprint density at radius 3 is 2.61 bits per heavy atom. The van der Waals surface area contributed by atoms with Crippen molar-refractivity contribution < 1.29 is 14.3 Å². The van der Waals surface area contributed by atoms with Gasteiger partial charge in [-0.1, -0.05) is 11.6 Å². The summed E-state index contributed by atoms with van der Waals surface area (Å²) in [4.78, 5) is 34.8. The molecule has 1 atom stereocenters. The highest BCUT2D eigenvalue weighted by atomic mass is 35.5. The first-order valence-corrected chi connectivity index (χ1v) is 12.4. The molecule has 1 N–H and O–H groups in total. The van der Waals surface area contributed by atoms with E-state index in [9.17, 15) is 9.59 Å². The van der Waals surface area contributed by atoms with Crippen molar-refractivity contribution in [1.82, 2.24) is 34.3 Å². The standard InChI is InChI=1S/C25H34ClN7O3/c1-24(2,3)36-23(35)32-11-10-31(15-17-12-28-30(6)14-17)20(16-32)21(34)29-25(4,5)22-27-13-19-18(26)8-7-9-33(19)22/h7-9,12-14,20H,10-11,15-16H2,1-6H3,(H,29,34)/t20-/m0/s1. The summed E-state index contributed by atoms with van der Waals surface area (Å²) >= 11 is 6.33. The third kappa shape index (κ3) is 5.65. The molecule has 11 heteroatoms. The summed E-state index contributed by atoms with van der Waals surface area (Å²) < 4.78 is 9.19. The number of imidazole rings is 1. The van der Waals surface area contributed by atoms with Crippen LogP contribution in [0, 0.1) is 0 Å². The molecule has 0 bridgehead atoms. The highest BCUT2D eigenvalue weighted by molar-refractivity contribution is 6.33. The molecule has 3 aromatic heterocycles. The largest absolute Gasteiger partial charge is 0.444 e. The fourth-order valence-corrected chi connectivity index (χ4v) is 4.65. The first kappa shape index (κ1) is 26.0. The topological polar surface area (TPSA) is 97.0 Å². The molecule has 1 fully saturated rings. The lowest BCUT2D eigenvalue weighted by Gasteiger charge is -2.41. The van der Waals surface area contributed by atoms with Crippen molar-refractivity contribution in [2.24, 2.45) is 7.05 Å². The van der Waals surface area contributed by atoms with Crippen molar-refractivity contribution in [2.45, 2.75) is 58.3 Å². The SMILES string of the molecule is Cn1cc(CN2CCN(C(=O)OC(C)(C)C)C[C@H]2C(=O)NC(C)(C)c2ncc3c(Cl)cccn23)cn1. The Labute approximate surface area is 216 Å². The third-order valence-electron chi connectivity index (χ3n) is 6.10. The van der Waals surface area contributed by atoms with Crippen LogP contribution in [0.3, 0.4) is 0 Å². The van der Waals surface area contributed by atoms with Gasteiger partial charge in [0.15, 0.2) is 0 Å². The zero-order chi connectivity index (χ0) is 26.3. The molecule has 4 rings (SSSR count). The molecule has 1 saturated heterocycles. The summed E-state index contributed by atoms with van der Waals surface area (Å²) in [5, 5.41) is 7.99. The number of rotatable bonds is 5.